The largest absolute Gasteiger partial charge is 0.506 e. The van der Waals surface area contributed by atoms with Crippen LogP contribution < -0.4 is 19.6 Å². The van der Waals surface area contributed by atoms with Gasteiger partial charge in [-0.2, -0.15) is 5.10 Å². The summed E-state index contributed by atoms with van der Waals surface area (Å²) in [5.74, 6) is 0.857. The Balaban J connectivity index is 2.28. The third-order valence-corrected chi connectivity index (χ3v) is 4.66. The number of hydrazone groups is 1. The minimum atomic E-state index is -0.459. The van der Waals surface area contributed by atoms with Crippen LogP contribution in [0.4, 0.5) is 0 Å². The van der Waals surface area contributed by atoms with Gasteiger partial charge in [0.15, 0.2) is 11.5 Å². The molecule has 0 unspecified atom stereocenters. The summed E-state index contributed by atoms with van der Waals surface area (Å²) >= 11 is 6.59. The molecular formula is C20H22Br2N2O5. The van der Waals surface area contributed by atoms with E-state index >= 15 is 0 Å². The summed E-state index contributed by atoms with van der Waals surface area (Å²) in [4.78, 5) is 12.6. The normalized spacial score (nSPS) is 10.8. The first kappa shape index (κ1) is 23.0. The molecule has 0 aromatic heterocycles. The summed E-state index contributed by atoms with van der Waals surface area (Å²) in [5.41, 5.74) is 3.18. The van der Waals surface area contributed by atoms with Gasteiger partial charge in [-0.25, -0.2) is 5.43 Å². The average molecular weight is 530 g/mol. The average Bonchev–Trinajstić information content (AvgIpc) is 2.68. The number of rotatable bonds is 9. The van der Waals surface area contributed by atoms with E-state index in [0.29, 0.717) is 52.7 Å². The Bertz CT molecular complexity index is 876. The zero-order valence-electron chi connectivity index (χ0n) is 16.3. The van der Waals surface area contributed by atoms with Crippen molar-refractivity contribution in [3.05, 3.63) is 44.3 Å². The van der Waals surface area contributed by atoms with Crippen molar-refractivity contribution in [3.63, 3.8) is 0 Å². The van der Waals surface area contributed by atoms with E-state index in [2.05, 4.69) is 42.4 Å². The number of carbonyl (C=O) groups is 1. The van der Waals surface area contributed by atoms with Gasteiger partial charge in [0.1, 0.15) is 5.75 Å². The fourth-order valence-electron chi connectivity index (χ4n) is 2.43. The van der Waals surface area contributed by atoms with Crippen molar-refractivity contribution < 1.29 is 24.1 Å². The van der Waals surface area contributed by atoms with E-state index in [0.717, 1.165) is 4.47 Å². The number of amides is 1. The van der Waals surface area contributed by atoms with Crippen LogP contribution in [0.1, 0.15) is 36.7 Å². The minimum absolute atomic E-state index is 0.0181. The molecule has 0 aliphatic rings. The first-order valence-corrected chi connectivity index (χ1v) is 10.6. The van der Waals surface area contributed by atoms with E-state index in [1.165, 1.54) is 6.21 Å². The number of phenolic OH excluding ortho intramolecular Hbond substituents is 1. The van der Waals surface area contributed by atoms with Crippen LogP contribution >= 0.6 is 31.9 Å². The molecule has 156 valence electrons. The number of aromatic hydroxyl groups is 1. The van der Waals surface area contributed by atoms with Gasteiger partial charge in [-0.15, -0.1) is 0 Å². The summed E-state index contributed by atoms with van der Waals surface area (Å²) in [6.07, 6.45) is 1.35. The number of nitrogens with one attached hydrogen (secondary N) is 1. The summed E-state index contributed by atoms with van der Waals surface area (Å²) in [6.45, 7) is 6.79. The van der Waals surface area contributed by atoms with Gasteiger partial charge in [0, 0.05) is 15.6 Å². The molecule has 0 spiro atoms. The van der Waals surface area contributed by atoms with Crippen LogP contribution in [0.15, 0.2) is 38.3 Å². The molecule has 2 aromatic carbocycles. The van der Waals surface area contributed by atoms with Gasteiger partial charge in [0.05, 0.1) is 30.5 Å². The summed E-state index contributed by atoms with van der Waals surface area (Å²) in [5, 5.41) is 14.0. The third kappa shape index (κ3) is 6.11. The Kier molecular flexibility index (Phi) is 8.78. The molecule has 2 rings (SSSR count). The first-order valence-electron chi connectivity index (χ1n) is 8.99. The summed E-state index contributed by atoms with van der Waals surface area (Å²) in [6, 6.07) is 6.53. The van der Waals surface area contributed by atoms with Gasteiger partial charge in [-0.3, -0.25) is 4.79 Å². The molecule has 0 aliphatic heterocycles. The van der Waals surface area contributed by atoms with Crippen LogP contribution in [0, 0.1) is 0 Å². The van der Waals surface area contributed by atoms with Crippen molar-refractivity contribution in [1.29, 1.82) is 0 Å². The van der Waals surface area contributed by atoms with E-state index < -0.39 is 5.91 Å². The molecule has 0 bridgehead atoms. The lowest BCUT2D eigenvalue weighted by Gasteiger charge is -2.16. The maximum absolute atomic E-state index is 12.6. The van der Waals surface area contributed by atoms with Crippen molar-refractivity contribution >= 4 is 44.0 Å². The van der Waals surface area contributed by atoms with Gasteiger partial charge < -0.3 is 19.3 Å². The van der Waals surface area contributed by atoms with Crippen LogP contribution in [0.25, 0.3) is 0 Å². The van der Waals surface area contributed by atoms with Crippen LogP contribution in [0.3, 0.4) is 0 Å². The number of ether oxygens (including phenoxy) is 3. The molecule has 0 radical (unpaired) electrons. The van der Waals surface area contributed by atoms with E-state index in [1.54, 1.807) is 24.3 Å². The predicted octanol–water partition coefficient (Wildman–Crippen LogP) is 4.88. The Morgan fingerprint density at radius 3 is 2.17 bits per heavy atom. The van der Waals surface area contributed by atoms with Gasteiger partial charge >= 0.3 is 0 Å². The molecule has 7 nitrogen and oxygen atoms in total. The molecule has 29 heavy (non-hydrogen) atoms. The number of hydrogen-bond donors (Lipinski definition) is 2. The molecule has 1 amide bonds. The Morgan fingerprint density at radius 1 is 1.03 bits per heavy atom. The molecule has 0 fully saturated rings. The van der Waals surface area contributed by atoms with Gasteiger partial charge in [-0.05, 0) is 61.0 Å². The second kappa shape index (κ2) is 11.1. The van der Waals surface area contributed by atoms with E-state index in [4.69, 9.17) is 14.2 Å². The van der Waals surface area contributed by atoms with Crippen molar-refractivity contribution in [2.45, 2.75) is 20.8 Å². The predicted molar refractivity (Wildman–Crippen MR) is 119 cm³/mol. The highest BCUT2D eigenvalue weighted by molar-refractivity contribution is 9.11. The number of nitrogens with zero attached hydrogens (tertiary/aromatic N) is 1. The molecule has 9 heteroatoms. The number of carbonyl (C=O) groups excluding carboxylic acids is 1. The highest BCUT2D eigenvalue weighted by Gasteiger charge is 2.18. The van der Waals surface area contributed by atoms with Gasteiger partial charge in [-0.1, -0.05) is 15.9 Å². The second-order valence-electron chi connectivity index (χ2n) is 5.63. The monoisotopic (exact) mass is 528 g/mol. The maximum Gasteiger partial charge on any atom is 0.271 e. The molecular weight excluding hydrogens is 508 g/mol. The van der Waals surface area contributed by atoms with Crippen molar-refractivity contribution in [2.24, 2.45) is 5.10 Å². The molecule has 0 heterocycles. The van der Waals surface area contributed by atoms with E-state index in [1.807, 2.05) is 20.8 Å². The second-order valence-corrected chi connectivity index (χ2v) is 7.40. The van der Waals surface area contributed by atoms with E-state index in [-0.39, 0.29) is 5.75 Å². The molecule has 0 saturated heterocycles. The minimum Gasteiger partial charge on any atom is -0.506 e. The lowest BCUT2D eigenvalue weighted by atomic mass is 10.1. The molecule has 2 N–H and O–H groups in total. The highest BCUT2D eigenvalue weighted by atomic mass is 79.9. The first-order chi connectivity index (χ1) is 13.9. The number of hydrogen-bond acceptors (Lipinski definition) is 6. The van der Waals surface area contributed by atoms with Crippen LogP contribution in [-0.2, 0) is 0 Å². The highest BCUT2D eigenvalue weighted by Crippen LogP contribution is 2.39. The lowest BCUT2D eigenvalue weighted by molar-refractivity contribution is 0.0954. The topological polar surface area (TPSA) is 89.4 Å². The maximum atomic E-state index is 12.6. The Hall–Kier alpha value is -2.26. The molecule has 0 atom stereocenters. The number of halogens is 2. The molecule has 0 aliphatic carbocycles. The molecule has 0 saturated carbocycles. The van der Waals surface area contributed by atoms with Crippen molar-refractivity contribution in [3.8, 4) is 23.0 Å². The zero-order valence-corrected chi connectivity index (χ0v) is 19.5. The zero-order chi connectivity index (χ0) is 21.4. The third-order valence-electron chi connectivity index (χ3n) is 3.60. The smallest absolute Gasteiger partial charge is 0.271 e. The van der Waals surface area contributed by atoms with Gasteiger partial charge in [0.2, 0.25) is 5.75 Å². The molecule has 2 aromatic rings. The van der Waals surface area contributed by atoms with E-state index in [9.17, 15) is 9.90 Å². The SMILES string of the molecule is CCOc1cc(C(=O)NN=Cc2cc(Br)cc(Br)c2O)cc(OCC)c1OCC. The number of phenols is 1. The fourth-order valence-corrected chi connectivity index (χ4v) is 3.69. The quantitative estimate of drug-likeness (QED) is 0.357. The standard InChI is InChI=1S/C20H22Br2N2O5/c1-4-27-16-8-12(9-17(28-5-2)19(16)29-6-3)20(26)24-23-11-13-7-14(21)10-15(22)18(13)25/h7-11,25H,4-6H2,1-3H3,(H,24,26). The lowest BCUT2D eigenvalue weighted by Crippen LogP contribution is -2.18. The fraction of sp³-hybridized carbons (Fsp3) is 0.300. The van der Waals surface area contributed by atoms with Crippen LogP contribution in [-0.4, -0.2) is 37.0 Å². The van der Waals surface area contributed by atoms with Crippen molar-refractivity contribution in [1.82, 2.24) is 5.43 Å². The van der Waals surface area contributed by atoms with Crippen LogP contribution in [0.5, 0.6) is 23.0 Å². The van der Waals surface area contributed by atoms with Crippen LogP contribution in [0.2, 0.25) is 0 Å². The number of benzene rings is 2. The Morgan fingerprint density at radius 2 is 1.62 bits per heavy atom. The summed E-state index contributed by atoms with van der Waals surface area (Å²) < 4.78 is 18.1. The summed E-state index contributed by atoms with van der Waals surface area (Å²) in [7, 11) is 0. The van der Waals surface area contributed by atoms with Gasteiger partial charge in [0.25, 0.3) is 5.91 Å². The Labute approximate surface area is 186 Å². The van der Waals surface area contributed by atoms with Crippen molar-refractivity contribution in [2.75, 3.05) is 19.8 Å².